The van der Waals surface area contributed by atoms with Crippen molar-refractivity contribution in [1.82, 2.24) is 10.2 Å². The molecule has 1 aromatic heterocycles. The summed E-state index contributed by atoms with van der Waals surface area (Å²) in [4.78, 5) is 0. The lowest BCUT2D eigenvalue weighted by Crippen LogP contribution is -2.27. The van der Waals surface area contributed by atoms with Crippen molar-refractivity contribution in [3.8, 4) is 11.3 Å². The monoisotopic (exact) mass is 258 g/mol. The van der Waals surface area contributed by atoms with Gasteiger partial charge in [0.2, 0.25) is 0 Å². The van der Waals surface area contributed by atoms with Gasteiger partial charge in [0.05, 0.1) is 5.69 Å². The van der Waals surface area contributed by atoms with Crippen LogP contribution in [0, 0.1) is 11.8 Å². The highest BCUT2D eigenvalue weighted by Crippen LogP contribution is 2.21. The maximum atomic E-state index is 5.79. The average molecular weight is 258 g/mol. The predicted octanol–water partition coefficient (Wildman–Crippen LogP) is 2.72. The highest BCUT2D eigenvalue weighted by molar-refractivity contribution is 5.64. The number of H-pyrrole nitrogens is 1. The Morgan fingerprint density at radius 3 is 2.79 bits per heavy atom. The lowest BCUT2D eigenvalue weighted by molar-refractivity contribution is 0.413. The summed E-state index contributed by atoms with van der Waals surface area (Å²) in [7, 11) is 0. The molecular weight excluding hydrogens is 236 g/mol. The smallest absolute Gasteiger partial charge is 0.0650 e. The molecule has 0 aliphatic carbocycles. The van der Waals surface area contributed by atoms with E-state index in [1.807, 2.05) is 12.1 Å². The van der Waals surface area contributed by atoms with E-state index in [1.54, 1.807) is 6.20 Å². The number of nitrogens with two attached hydrogens (primary N) is 1. The Bertz CT molecular complexity index is 491. The minimum atomic E-state index is 0.496. The van der Waals surface area contributed by atoms with E-state index in [4.69, 9.17) is 5.73 Å². The van der Waals surface area contributed by atoms with Crippen LogP contribution in [-0.2, 0) is 0 Å². The van der Waals surface area contributed by atoms with Crippen LogP contribution in [0.4, 0.5) is 5.69 Å². The van der Waals surface area contributed by atoms with Gasteiger partial charge in [-0.15, -0.1) is 0 Å². The zero-order chi connectivity index (χ0) is 13.7. The van der Waals surface area contributed by atoms with Crippen LogP contribution in [0.25, 0.3) is 11.3 Å². The molecule has 0 bridgehead atoms. The molecule has 0 aliphatic rings. The molecule has 102 valence electrons. The minimum Gasteiger partial charge on any atom is -0.385 e. The van der Waals surface area contributed by atoms with Gasteiger partial charge >= 0.3 is 0 Å². The normalized spacial score (nSPS) is 12.6. The molecule has 0 spiro atoms. The highest BCUT2D eigenvalue weighted by atomic mass is 15.1. The van der Waals surface area contributed by atoms with Crippen LogP contribution < -0.4 is 11.1 Å². The predicted molar refractivity (Wildman–Crippen MR) is 79.9 cm³/mol. The lowest BCUT2D eigenvalue weighted by atomic mass is 9.96. The van der Waals surface area contributed by atoms with Crippen molar-refractivity contribution in [1.29, 1.82) is 0 Å². The van der Waals surface area contributed by atoms with Gasteiger partial charge in [0, 0.05) is 24.0 Å². The summed E-state index contributed by atoms with van der Waals surface area (Å²) in [6, 6.07) is 10.3. The van der Waals surface area contributed by atoms with Crippen LogP contribution in [0.3, 0.4) is 0 Å². The summed E-state index contributed by atoms with van der Waals surface area (Å²) in [5.74, 6) is 1.09. The van der Waals surface area contributed by atoms with E-state index in [9.17, 15) is 0 Å². The number of benzene rings is 1. The van der Waals surface area contributed by atoms with Gasteiger partial charge in [-0.3, -0.25) is 5.10 Å². The van der Waals surface area contributed by atoms with Gasteiger partial charge in [0.15, 0.2) is 0 Å². The Hall–Kier alpha value is -1.81. The molecule has 1 aromatic carbocycles. The van der Waals surface area contributed by atoms with Gasteiger partial charge in [-0.05, 0) is 36.6 Å². The van der Waals surface area contributed by atoms with Crippen LogP contribution in [0.2, 0.25) is 0 Å². The summed E-state index contributed by atoms with van der Waals surface area (Å²) in [6.07, 6.45) is 1.76. The number of nitrogens with zero attached hydrogens (tertiary/aromatic N) is 1. The SMILES string of the molecule is CC(C)C(CN)CNc1cccc(-c2ccn[nH]2)c1. The summed E-state index contributed by atoms with van der Waals surface area (Å²) < 4.78 is 0. The third-order valence-electron chi connectivity index (χ3n) is 3.49. The molecule has 4 N–H and O–H groups in total. The molecular formula is C15H22N4. The van der Waals surface area contributed by atoms with E-state index in [-0.39, 0.29) is 0 Å². The second kappa shape index (κ2) is 6.38. The zero-order valence-electron chi connectivity index (χ0n) is 11.6. The van der Waals surface area contributed by atoms with Crippen molar-refractivity contribution in [2.24, 2.45) is 17.6 Å². The second-order valence-electron chi connectivity index (χ2n) is 5.17. The van der Waals surface area contributed by atoms with Gasteiger partial charge in [-0.2, -0.15) is 5.10 Å². The highest BCUT2D eigenvalue weighted by Gasteiger charge is 2.11. The number of hydrogen-bond donors (Lipinski definition) is 3. The first-order valence-electron chi connectivity index (χ1n) is 6.74. The number of aromatic nitrogens is 2. The quantitative estimate of drug-likeness (QED) is 0.746. The molecule has 4 heteroatoms. The van der Waals surface area contributed by atoms with Crippen LogP contribution in [0.5, 0.6) is 0 Å². The fourth-order valence-corrected chi connectivity index (χ4v) is 2.05. The third-order valence-corrected chi connectivity index (χ3v) is 3.49. The molecule has 0 amide bonds. The van der Waals surface area contributed by atoms with E-state index in [1.165, 1.54) is 0 Å². The van der Waals surface area contributed by atoms with E-state index >= 15 is 0 Å². The number of rotatable bonds is 6. The van der Waals surface area contributed by atoms with Gasteiger partial charge in [-0.1, -0.05) is 26.0 Å². The molecule has 1 heterocycles. The Morgan fingerprint density at radius 1 is 1.32 bits per heavy atom. The van der Waals surface area contributed by atoms with Gasteiger partial charge in [0.25, 0.3) is 0 Å². The van der Waals surface area contributed by atoms with Gasteiger partial charge < -0.3 is 11.1 Å². The lowest BCUT2D eigenvalue weighted by Gasteiger charge is -2.20. The maximum Gasteiger partial charge on any atom is 0.0650 e. The first kappa shape index (κ1) is 13.6. The number of anilines is 1. The van der Waals surface area contributed by atoms with Crippen molar-refractivity contribution in [3.05, 3.63) is 36.5 Å². The van der Waals surface area contributed by atoms with Crippen molar-refractivity contribution in [3.63, 3.8) is 0 Å². The fourth-order valence-electron chi connectivity index (χ4n) is 2.05. The largest absolute Gasteiger partial charge is 0.385 e. The Kier molecular flexibility index (Phi) is 4.58. The van der Waals surface area contributed by atoms with E-state index < -0.39 is 0 Å². The summed E-state index contributed by atoms with van der Waals surface area (Å²) >= 11 is 0. The first-order valence-corrected chi connectivity index (χ1v) is 6.74. The molecule has 0 saturated heterocycles. The number of nitrogens with one attached hydrogen (secondary N) is 2. The Morgan fingerprint density at radius 2 is 2.16 bits per heavy atom. The molecule has 1 atom stereocenters. The summed E-state index contributed by atoms with van der Waals surface area (Å²) in [6.45, 7) is 6.03. The van der Waals surface area contributed by atoms with Gasteiger partial charge in [0.1, 0.15) is 0 Å². The maximum absolute atomic E-state index is 5.79. The van der Waals surface area contributed by atoms with Crippen LogP contribution >= 0.6 is 0 Å². The first-order chi connectivity index (χ1) is 9.20. The molecule has 0 fully saturated rings. The minimum absolute atomic E-state index is 0.496. The molecule has 19 heavy (non-hydrogen) atoms. The fraction of sp³-hybridized carbons (Fsp3) is 0.400. The van der Waals surface area contributed by atoms with E-state index in [2.05, 4.69) is 47.6 Å². The third kappa shape index (κ3) is 3.58. The van der Waals surface area contributed by atoms with Crippen molar-refractivity contribution < 1.29 is 0 Å². The Labute approximate surface area is 114 Å². The van der Waals surface area contributed by atoms with Crippen molar-refractivity contribution in [2.45, 2.75) is 13.8 Å². The van der Waals surface area contributed by atoms with Crippen LogP contribution in [0.1, 0.15) is 13.8 Å². The number of hydrogen-bond acceptors (Lipinski definition) is 3. The second-order valence-corrected chi connectivity index (χ2v) is 5.17. The average Bonchev–Trinajstić information content (AvgIpc) is 2.93. The molecule has 0 aliphatic heterocycles. The molecule has 2 rings (SSSR count). The molecule has 1 unspecified atom stereocenters. The zero-order valence-corrected chi connectivity index (χ0v) is 11.6. The molecule has 0 radical (unpaired) electrons. The van der Waals surface area contributed by atoms with Gasteiger partial charge in [-0.25, -0.2) is 0 Å². The van der Waals surface area contributed by atoms with E-state index in [0.717, 1.165) is 23.5 Å². The van der Waals surface area contributed by atoms with Crippen molar-refractivity contribution >= 4 is 5.69 Å². The van der Waals surface area contributed by atoms with E-state index in [0.29, 0.717) is 18.4 Å². The Balaban J connectivity index is 2.03. The van der Waals surface area contributed by atoms with Crippen LogP contribution in [-0.4, -0.2) is 23.3 Å². The molecule has 2 aromatic rings. The molecule has 0 saturated carbocycles. The summed E-state index contributed by atoms with van der Waals surface area (Å²) in [5.41, 5.74) is 9.07. The van der Waals surface area contributed by atoms with Crippen LogP contribution in [0.15, 0.2) is 36.5 Å². The molecule has 4 nitrogen and oxygen atoms in total. The summed E-state index contributed by atoms with van der Waals surface area (Å²) in [5, 5.41) is 10.4. The van der Waals surface area contributed by atoms with Crippen molar-refractivity contribution in [2.75, 3.05) is 18.4 Å². The number of aromatic amines is 1. The topological polar surface area (TPSA) is 66.7 Å². The standard InChI is InChI=1S/C15H22N4/c1-11(2)13(9-16)10-17-14-5-3-4-12(8-14)15-6-7-18-19-15/h3-8,11,13,17H,9-10,16H2,1-2H3,(H,18,19).